The summed E-state index contributed by atoms with van der Waals surface area (Å²) in [5, 5.41) is 0. The standard InChI is InChI=1S/C13H26/c1-11(2)9-7-6-8-10-13(5)12(3)4/h10-12H,6-9H2,1-5H3/b13-10+. The highest BCUT2D eigenvalue weighted by Crippen LogP contribution is 2.12. The van der Waals surface area contributed by atoms with E-state index in [0.717, 1.165) is 11.8 Å². The molecular formula is C13H26. The molecule has 0 rings (SSSR count). The highest BCUT2D eigenvalue weighted by atomic mass is 14.0. The van der Waals surface area contributed by atoms with E-state index < -0.39 is 0 Å². The van der Waals surface area contributed by atoms with Gasteiger partial charge in [-0.25, -0.2) is 0 Å². The van der Waals surface area contributed by atoms with E-state index >= 15 is 0 Å². The summed E-state index contributed by atoms with van der Waals surface area (Å²) in [6.07, 6.45) is 7.82. The van der Waals surface area contributed by atoms with Gasteiger partial charge in [-0.05, 0) is 31.6 Å². The molecule has 0 heteroatoms. The van der Waals surface area contributed by atoms with Crippen LogP contribution in [-0.4, -0.2) is 0 Å². The topological polar surface area (TPSA) is 0 Å². The number of hydrogen-bond donors (Lipinski definition) is 0. The minimum atomic E-state index is 0.727. The Morgan fingerprint density at radius 2 is 1.69 bits per heavy atom. The third kappa shape index (κ3) is 8.08. The van der Waals surface area contributed by atoms with Crippen LogP contribution < -0.4 is 0 Å². The Morgan fingerprint density at radius 3 is 2.15 bits per heavy atom. The molecule has 0 spiro atoms. The molecule has 0 aliphatic rings. The fraction of sp³-hybridized carbons (Fsp3) is 0.846. The molecule has 0 heterocycles. The molecule has 0 nitrogen and oxygen atoms in total. The molecule has 0 radical (unpaired) electrons. The van der Waals surface area contributed by atoms with Crippen molar-refractivity contribution in [1.82, 2.24) is 0 Å². The summed E-state index contributed by atoms with van der Waals surface area (Å²) >= 11 is 0. The van der Waals surface area contributed by atoms with Crippen molar-refractivity contribution in [2.45, 2.75) is 60.3 Å². The molecule has 0 aromatic heterocycles. The third-order valence-electron chi connectivity index (χ3n) is 2.61. The Morgan fingerprint density at radius 1 is 1.08 bits per heavy atom. The van der Waals surface area contributed by atoms with E-state index in [9.17, 15) is 0 Å². The zero-order valence-electron chi connectivity index (χ0n) is 10.1. The lowest BCUT2D eigenvalue weighted by Crippen LogP contribution is -1.89. The van der Waals surface area contributed by atoms with Gasteiger partial charge in [0.1, 0.15) is 0 Å². The number of rotatable bonds is 6. The number of unbranched alkanes of at least 4 members (excludes halogenated alkanes) is 2. The third-order valence-corrected chi connectivity index (χ3v) is 2.61. The highest BCUT2D eigenvalue weighted by Gasteiger charge is 1.96. The van der Waals surface area contributed by atoms with Crippen molar-refractivity contribution in [1.29, 1.82) is 0 Å². The highest BCUT2D eigenvalue weighted by molar-refractivity contribution is 5.00. The van der Waals surface area contributed by atoms with E-state index in [1.165, 1.54) is 25.7 Å². The Bertz CT molecular complexity index is 140. The van der Waals surface area contributed by atoms with Crippen molar-refractivity contribution in [3.05, 3.63) is 11.6 Å². The first-order chi connectivity index (χ1) is 6.04. The van der Waals surface area contributed by atoms with Crippen LogP contribution in [0, 0.1) is 11.8 Å². The lowest BCUT2D eigenvalue weighted by atomic mass is 10.0. The first kappa shape index (κ1) is 12.7. The van der Waals surface area contributed by atoms with Gasteiger partial charge in [0, 0.05) is 0 Å². The van der Waals surface area contributed by atoms with E-state index in [1.807, 2.05) is 0 Å². The predicted octanol–water partition coefficient (Wildman–Crippen LogP) is 4.81. The van der Waals surface area contributed by atoms with Gasteiger partial charge in [0.25, 0.3) is 0 Å². The largest absolute Gasteiger partial charge is 0.0854 e. The summed E-state index contributed by atoms with van der Waals surface area (Å²) < 4.78 is 0. The summed E-state index contributed by atoms with van der Waals surface area (Å²) in [6, 6.07) is 0. The molecule has 0 aliphatic carbocycles. The summed E-state index contributed by atoms with van der Waals surface area (Å²) in [4.78, 5) is 0. The fourth-order valence-electron chi connectivity index (χ4n) is 1.26. The molecule has 78 valence electrons. The second-order valence-corrected chi connectivity index (χ2v) is 4.78. The normalized spacial score (nSPS) is 13.0. The van der Waals surface area contributed by atoms with E-state index in [1.54, 1.807) is 5.57 Å². The second-order valence-electron chi connectivity index (χ2n) is 4.78. The maximum Gasteiger partial charge on any atom is -0.0263 e. The smallest absolute Gasteiger partial charge is 0.0263 e. The van der Waals surface area contributed by atoms with Crippen LogP contribution in [0.15, 0.2) is 11.6 Å². The lowest BCUT2D eigenvalue weighted by Gasteiger charge is -2.05. The molecular weight excluding hydrogens is 156 g/mol. The zero-order chi connectivity index (χ0) is 10.3. The molecule has 0 amide bonds. The summed E-state index contributed by atoms with van der Waals surface area (Å²) in [6.45, 7) is 11.4. The van der Waals surface area contributed by atoms with Gasteiger partial charge in [0.05, 0.1) is 0 Å². The Kier molecular flexibility index (Phi) is 7.03. The van der Waals surface area contributed by atoms with E-state index in [0.29, 0.717) is 0 Å². The van der Waals surface area contributed by atoms with Gasteiger partial charge in [-0.3, -0.25) is 0 Å². The number of allylic oxidation sites excluding steroid dienone is 2. The average Bonchev–Trinajstić information content (AvgIpc) is 2.02. The van der Waals surface area contributed by atoms with Crippen LogP contribution in [0.3, 0.4) is 0 Å². The van der Waals surface area contributed by atoms with Crippen LogP contribution in [0.1, 0.15) is 60.3 Å². The molecule has 0 aromatic rings. The van der Waals surface area contributed by atoms with Crippen molar-refractivity contribution in [3.63, 3.8) is 0 Å². The Balaban J connectivity index is 3.39. The molecule has 0 N–H and O–H groups in total. The van der Waals surface area contributed by atoms with Gasteiger partial charge in [0.15, 0.2) is 0 Å². The average molecular weight is 182 g/mol. The maximum absolute atomic E-state index is 2.41. The molecule has 13 heavy (non-hydrogen) atoms. The summed E-state index contributed by atoms with van der Waals surface area (Å²) in [5.41, 5.74) is 1.55. The van der Waals surface area contributed by atoms with E-state index in [4.69, 9.17) is 0 Å². The molecule has 0 saturated carbocycles. The predicted molar refractivity (Wildman–Crippen MR) is 61.9 cm³/mol. The molecule has 0 atom stereocenters. The van der Waals surface area contributed by atoms with Gasteiger partial charge in [-0.1, -0.05) is 52.2 Å². The Labute approximate surface area is 84.4 Å². The first-order valence-corrected chi connectivity index (χ1v) is 5.70. The molecule has 0 aliphatic heterocycles. The van der Waals surface area contributed by atoms with E-state index in [2.05, 4.69) is 40.7 Å². The summed E-state index contributed by atoms with van der Waals surface area (Å²) in [5.74, 6) is 1.60. The Hall–Kier alpha value is -0.260. The lowest BCUT2D eigenvalue weighted by molar-refractivity contribution is 0.539. The molecule has 0 aromatic carbocycles. The first-order valence-electron chi connectivity index (χ1n) is 5.70. The van der Waals surface area contributed by atoms with E-state index in [-0.39, 0.29) is 0 Å². The maximum atomic E-state index is 2.41. The van der Waals surface area contributed by atoms with Gasteiger partial charge in [0.2, 0.25) is 0 Å². The van der Waals surface area contributed by atoms with Crippen molar-refractivity contribution in [2.75, 3.05) is 0 Å². The quantitative estimate of drug-likeness (QED) is 0.408. The molecule has 0 bridgehead atoms. The minimum absolute atomic E-state index is 0.727. The van der Waals surface area contributed by atoms with Gasteiger partial charge < -0.3 is 0 Å². The monoisotopic (exact) mass is 182 g/mol. The van der Waals surface area contributed by atoms with Crippen LogP contribution in [0.4, 0.5) is 0 Å². The van der Waals surface area contributed by atoms with Gasteiger partial charge >= 0.3 is 0 Å². The van der Waals surface area contributed by atoms with Crippen molar-refractivity contribution >= 4 is 0 Å². The summed E-state index contributed by atoms with van der Waals surface area (Å²) in [7, 11) is 0. The van der Waals surface area contributed by atoms with Crippen LogP contribution >= 0.6 is 0 Å². The van der Waals surface area contributed by atoms with Crippen molar-refractivity contribution < 1.29 is 0 Å². The van der Waals surface area contributed by atoms with Crippen molar-refractivity contribution in [2.24, 2.45) is 11.8 Å². The van der Waals surface area contributed by atoms with Gasteiger partial charge in [-0.15, -0.1) is 0 Å². The van der Waals surface area contributed by atoms with Crippen LogP contribution in [0.25, 0.3) is 0 Å². The van der Waals surface area contributed by atoms with Crippen molar-refractivity contribution in [3.8, 4) is 0 Å². The molecule has 0 unspecified atom stereocenters. The van der Waals surface area contributed by atoms with Crippen LogP contribution in [0.5, 0.6) is 0 Å². The molecule has 0 saturated heterocycles. The zero-order valence-corrected chi connectivity index (χ0v) is 10.1. The minimum Gasteiger partial charge on any atom is -0.0854 e. The fourth-order valence-corrected chi connectivity index (χ4v) is 1.26. The molecule has 0 fully saturated rings. The second kappa shape index (κ2) is 7.17. The SMILES string of the molecule is C/C(=C\CCCCC(C)C)C(C)C. The van der Waals surface area contributed by atoms with Crippen LogP contribution in [0.2, 0.25) is 0 Å². The van der Waals surface area contributed by atoms with Gasteiger partial charge in [-0.2, -0.15) is 0 Å². The van der Waals surface area contributed by atoms with Crippen LogP contribution in [-0.2, 0) is 0 Å². The number of hydrogen-bond acceptors (Lipinski definition) is 0.